The van der Waals surface area contributed by atoms with Crippen LogP contribution >= 0.6 is 46.4 Å². The van der Waals surface area contributed by atoms with Crippen LogP contribution in [0.25, 0.3) is 0 Å². The first-order valence-corrected chi connectivity index (χ1v) is 10.6. The van der Waals surface area contributed by atoms with E-state index in [1.807, 2.05) is 0 Å². The Bertz CT molecular complexity index is 1140. The fourth-order valence-corrected chi connectivity index (χ4v) is 3.43. The van der Waals surface area contributed by atoms with Gasteiger partial charge in [0.25, 0.3) is 11.8 Å². The van der Waals surface area contributed by atoms with Crippen LogP contribution in [-0.4, -0.2) is 24.6 Å². The summed E-state index contributed by atoms with van der Waals surface area (Å²) in [6.45, 7) is -0.324. The molecule has 164 valence electrons. The smallest absolute Gasteiger partial charge is 0.271 e. The maximum Gasteiger partial charge on any atom is 0.271 e. The highest BCUT2D eigenvalue weighted by Gasteiger charge is 2.13. The van der Waals surface area contributed by atoms with Gasteiger partial charge in [-0.05, 0) is 54.1 Å². The molecule has 2 amide bonds. The topological polar surface area (TPSA) is 79.8 Å². The summed E-state index contributed by atoms with van der Waals surface area (Å²) in [5.74, 6) is -0.689. The second kappa shape index (κ2) is 11.2. The SMILES string of the molecule is O=C(COc1c(Cl)cc(/C=N/NC(=O)c2ccc(Cl)cc2)cc1Cl)Nc1ccccc1Cl. The Balaban J connectivity index is 1.59. The molecule has 3 aromatic carbocycles. The molecule has 0 spiro atoms. The van der Waals surface area contributed by atoms with Gasteiger partial charge < -0.3 is 10.1 Å². The summed E-state index contributed by atoms with van der Waals surface area (Å²) in [7, 11) is 0. The monoisotopic (exact) mass is 509 g/mol. The second-order valence-electron chi connectivity index (χ2n) is 6.34. The Hall–Kier alpha value is -2.77. The van der Waals surface area contributed by atoms with E-state index in [9.17, 15) is 9.59 Å². The average Bonchev–Trinajstić information content (AvgIpc) is 2.75. The van der Waals surface area contributed by atoms with Crippen molar-refractivity contribution in [2.45, 2.75) is 0 Å². The van der Waals surface area contributed by atoms with E-state index >= 15 is 0 Å². The molecule has 2 N–H and O–H groups in total. The standard InChI is InChI=1S/C22H15Cl4N3O3/c23-15-7-5-14(6-8-15)22(31)29-27-11-13-9-17(25)21(18(26)10-13)32-12-20(30)28-19-4-2-1-3-16(19)24/h1-11H,12H2,(H,28,30)(H,29,31)/b27-11+. The van der Waals surface area contributed by atoms with E-state index in [0.717, 1.165) is 0 Å². The van der Waals surface area contributed by atoms with Crippen molar-refractivity contribution in [3.05, 3.63) is 91.9 Å². The molecule has 0 radical (unpaired) electrons. The number of nitrogens with one attached hydrogen (secondary N) is 2. The molecule has 0 saturated heterocycles. The van der Waals surface area contributed by atoms with Gasteiger partial charge in [-0.2, -0.15) is 5.10 Å². The van der Waals surface area contributed by atoms with Crippen molar-refractivity contribution in [3.63, 3.8) is 0 Å². The van der Waals surface area contributed by atoms with E-state index in [2.05, 4.69) is 15.8 Å². The van der Waals surface area contributed by atoms with Gasteiger partial charge in [0.15, 0.2) is 12.4 Å². The van der Waals surface area contributed by atoms with Crippen LogP contribution in [0.4, 0.5) is 5.69 Å². The molecule has 0 fully saturated rings. The lowest BCUT2D eigenvalue weighted by atomic mass is 10.2. The maximum atomic E-state index is 12.1. The van der Waals surface area contributed by atoms with Crippen molar-refractivity contribution in [2.75, 3.05) is 11.9 Å². The van der Waals surface area contributed by atoms with E-state index in [0.29, 0.717) is 26.9 Å². The number of carbonyl (C=O) groups is 2. The van der Waals surface area contributed by atoms with E-state index in [1.165, 1.54) is 18.3 Å². The number of hydrazone groups is 1. The van der Waals surface area contributed by atoms with Gasteiger partial charge in [0.1, 0.15) is 0 Å². The van der Waals surface area contributed by atoms with Crippen LogP contribution in [0.15, 0.2) is 65.8 Å². The highest BCUT2D eigenvalue weighted by molar-refractivity contribution is 6.37. The van der Waals surface area contributed by atoms with Crippen LogP contribution in [0.2, 0.25) is 20.1 Å². The number of carbonyl (C=O) groups excluding carboxylic acids is 2. The summed E-state index contributed by atoms with van der Waals surface area (Å²) >= 11 is 24.3. The summed E-state index contributed by atoms with van der Waals surface area (Å²) in [4.78, 5) is 24.2. The number of halogens is 4. The number of rotatable bonds is 7. The average molecular weight is 511 g/mol. The number of benzene rings is 3. The summed E-state index contributed by atoms with van der Waals surface area (Å²) in [5.41, 5.74) is 3.78. The molecule has 0 bridgehead atoms. The quantitative estimate of drug-likeness (QED) is 0.298. The Morgan fingerprint density at radius 3 is 2.22 bits per heavy atom. The minimum absolute atomic E-state index is 0.144. The van der Waals surface area contributed by atoms with Gasteiger partial charge in [-0.25, -0.2) is 5.43 Å². The zero-order chi connectivity index (χ0) is 23.1. The summed E-state index contributed by atoms with van der Waals surface area (Å²) < 4.78 is 5.46. The molecule has 0 unspecified atom stereocenters. The fraction of sp³-hybridized carbons (Fsp3) is 0.0455. The molecule has 0 heterocycles. The number of ether oxygens (including phenoxy) is 1. The third-order valence-corrected chi connectivity index (χ3v) is 5.15. The Kier molecular flexibility index (Phi) is 8.36. The van der Waals surface area contributed by atoms with E-state index in [-0.39, 0.29) is 22.4 Å². The third-order valence-electron chi connectivity index (χ3n) is 4.00. The van der Waals surface area contributed by atoms with Gasteiger partial charge in [0, 0.05) is 10.6 Å². The van der Waals surface area contributed by atoms with E-state index < -0.39 is 11.8 Å². The molecular formula is C22H15Cl4N3O3. The zero-order valence-electron chi connectivity index (χ0n) is 16.2. The molecule has 0 aliphatic carbocycles. The van der Waals surface area contributed by atoms with Crippen molar-refractivity contribution < 1.29 is 14.3 Å². The number of hydrogen-bond acceptors (Lipinski definition) is 4. The van der Waals surface area contributed by atoms with Crippen molar-refractivity contribution in [1.29, 1.82) is 0 Å². The summed E-state index contributed by atoms with van der Waals surface area (Å²) in [6.07, 6.45) is 1.37. The van der Waals surface area contributed by atoms with Gasteiger partial charge in [0.05, 0.1) is 27.0 Å². The lowest BCUT2D eigenvalue weighted by Crippen LogP contribution is -2.20. The van der Waals surface area contributed by atoms with Gasteiger partial charge >= 0.3 is 0 Å². The lowest BCUT2D eigenvalue weighted by molar-refractivity contribution is -0.118. The highest BCUT2D eigenvalue weighted by atomic mass is 35.5. The van der Waals surface area contributed by atoms with Crippen LogP contribution < -0.4 is 15.5 Å². The predicted molar refractivity (Wildman–Crippen MR) is 129 cm³/mol. The minimum Gasteiger partial charge on any atom is -0.481 e. The van der Waals surface area contributed by atoms with Crippen molar-refractivity contribution in [2.24, 2.45) is 5.10 Å². The van der Waals surface area contributed by atoms with E-state index in [1.54, 1.807) is 48.5 Å². The molecule has 32 heavy (non-hydrogen) atoms. The normalized spacial score (nSPS) is 10.8. The lowest BCUT2D eigenvalue weighted by Gasteiger charge is -2.11. The van der Waals surface area contributed by atoms with Crippen LogP contribution in [0.3, 0.4) is 0 Å². The first-order chi connectivity index (χ1) is 15.3. The van der Waals surface area contributed by atoms with Crippen molar-refractivity contribution in [3.8, 4) is 5.75 Å². The molecule has 3 rings (SSSR count). The van der Waals surface area contributed by atoms with Crippen LogP contribution in [0.1, 0.15) is 15.9 Å². The first-order valence-electron chi connectivity index (χ1n) is 9.08. The highest BCUT2D eigenvalue weighted by Crippen LogP contribution is 2.34. The number of anilines is 1. The van der Waals surface area contributed by atoms with Crippen LogP contribution in [0.5, 0.6) is 5.75 Å². The Morgan fingerprint density at radius 1 is 0.906 bits per heavy atom. The fourth-order valence-electron chi connectivity index (χ4n) is 2.51. The van der Waals surface area contributed by atoms with Gasteiger partial charge in [-0.3, -0.25) is 9.59 Å². The molecule has 0 saturated carbocycles. The molecule has 0 aromatic heterocycles. The number of nitrogens with zero attached hydrogens (tertiary/aromatic N) is 1. The van der Waals surface area contributed by atoms with Crippen molar-refractivity contribution in [1.82, 2.24) is 5.43 Å². The molecule has 10 heteroatoms. The predicted octanol–water partition coefficient (Wildman–Crippen LogP) is 6.08. The van der Waals surface area contributed by atoms with Gasteiger partial charge in [-0.1, -0.05) is 58.5 Å². The molecule has 0 aliphatic heterocycles. The summed E-state index contributed by atoms with van der Waals surface area (Å²) in [5, 5.41) is 7.81. The number of para-hydroxylation sites is 1. The number of hydrogen-bond donors (Lipinski definition) is 2. The van der Waals surface area contributed by atoms with Crippen LogP contribution in [-0.2, 0) is 4.79 Å². The third kappa shape index (κ3) is 6.61. The molecule has 0 atom stereocenters. The Morgan fingerprint density at radius 2 is 1.56 bits per heavy atom. The summed E-state index contributed by atoms with van der Waals surface area (Å²) in [6, 6.07) is 16.3. The molecule has 3 aromatic rings. The maximum absolute atomic E-state index is 12.1. The zero-order valence-corrected chi connectivity index (χ0v) is 19.3. The number of amides is 2. The Labute approximate surface area is 204 Å². The van der Waals surface area contributed by atoms with Gasteiger partial charge in [0.2, 0.25) is 0 Å². The molecular weight excluding hydrogens is 496 g/mol. The van der Waals surface area contributed by atoms with Crippen molar-refractivity contribution >= 4 is 70.1 Å². The largest absolute Gasteiger partial charge is 0.481 e. The molecule has 0 aliphatic rings. The first kappa shape index (κ1) is 23.9. The van der Waals surface area contributed by atoms with Crippen LogP contribution in [0, 0.1) is 0 Å². The minimum atomic E-state index is -0.430. The second-order valence-corrected chi connectivity index (χ2v) is 7.99. The van der Waals surface area contributed by atoms with E-state index in [4.69, 9.17) is 51.1 Å². The van der Waals surface area contributed by atoms with Gasteiger partial charge in [-0.15, -0.1) is 0 Å². The molecule has 6 nitrogen and oxygen atoms in total.